The summed E-state index contributed by atoms with van der Waals surface area (Å²) in [6.45, 7) is 1.07. The van der Waals surface area contributed by atoms with Crippen LogP contribution in [0.4, 0.5) is 0 Å². The average molecular weight is 168 g/mol. The summed E-state index contributed by atoms with van der Waals surface area (Å²) in [6.07, 6.45) is 5.20. The molecule has 0 aliphatic heterocycles. The molecule has 0 aromatic rings. The van der Waals surface area contributed by atoms with Crippen molar-refractivity contribution < 1.29 is 0 Å². The fourth-order valence-corrected chi connectivity index (χ4v) is 1.47. The van der Waals surface area contributed by atoms with Gasteiger partial charge in [0.05, 0.1) is 0 Å². The molecule has 0 atom stereocenters. The first-order valence-corrected chi connectivity index (χ1v) is 4.61. The fraction of sp³-hybridized carbons (Fsp3) is 0.875. The first kappa shape index (κ1) is 7.71. The number of hydrazone groups is 1. The summed E-state index contributed by atoms with van der Waals surface area (Å²) in [6, 6.07) is 0.637. The molecule has 0 bridgehead atoms. The Morgan fingerprint density at radius 1 is 1.33 bits per heavy atom. The number of hydrogen-bond donors (Lipinski definition) is 2. The second kappa shape index (κ2) is 2.84. The minimum Gasteiger partial charge on any atom is -0.368 e. The van der Waals surface area contributed by atoms with Crippen molar-refractivity contribution in [3.8, 4) is 0 Å². The first-order valence-electron chi connectivity index (χ1n) is 4.61. The van der Waals surface area contributed by atoms with E-state index in [0.717, 1.165) is 12.5 Å². The third kappa shape index (κ3) is 1.62. The predicted octanol–water partition coefficient (Wildman–Crippen LogP) is 0.0492. The number of hydrogen-bond acceptors (Lipinski definition) is 2. The van der Waals surface area contributed by atoms with E-state index < -0.39 is 0 Å². The van der Waals surface area contributed by atoms with Crippen LogP contribution in [0.15, 0.2) is 5.10 Å². The standard InChI is InChI=1S/C8H16N4/c9-8(11-10)12(7-3-4-7)5-6-1-2-6/h6-7H,1-5,10H2,(H2,9,11). The van der Waals surface area contributed by atoms with Crippen LogP contribution in [0.1, 0.15) is 25.7 Å². The normalized spacial score (nSPS) is 24.2. The molecule has 0 unspecified atom stereocenters. The van der Waals surface area contributed by atoms with Gasteiger partial charge in [0, 0.05) is 12.6 Å². The lowest BCUT2D eigenvalue weighted by molar-refractivity contribution is 0.385. The van der Waals surface area contributed by atoms with Crippen LogP contribution in [0.25, 0.3) is 0 Å². The van der Waals surface area contributed by atoms with E-state index in [1.807, 2.05) is 0 Å². The molecule has 0 heterocycles. The van der Waals surface area contributed by atoms with Crippen molar-refractivity contribution in [2.24, 2.45) is 22.6 Å². The Kier molecular flexibility index (Phi) is 1.83. The Morgan fingerprint density at radius 3 is 2.42 bits per heavy atom. The zero-order valence-corrected chi connectivity index (χ0v) is 7.24. The Morgan fingerprint density at radius 2 is 2.00 bits per heavy atom. The summed E-state index contributed by atoms with van der Waals surface area (Å²) in [5.41, 5.74) is 5.69. The molecule has 0 amide bonds. The second-order valence-corrected chi connectivity index (χ2v) is 3.81. The summed E-state index contributed by atoms with van der Waals surface area (Å²) < 4.78 is 0. The lowest BCUT2D eigenvalue weighted by Crippen LogP contribution is -2.41. The molecule has 4 nitrogen and oxygen atoms in total. The van der Waals surface area contributed by atoms with Gasteiger partial charge < -0.3 is 16.5 Å². The third-order valence-electron chi connectivity index (χ3n) is 2.57. The minimum absolute atomic E-state index is 0.518. The van der Waals surface area contributed by atoms with Crippen LogP contribution in [0.3, 0.4) is 0 Å². The van der Waals surface area contributed by atoms with Crippen molar-refractivity contribution in [3.05, 3.63) is 0 Å². The molecule has 68 valence electrons. The SMILES string of the molecule is NN=C(N)N(CC1CC1)C1CC1. The van der Waals surface area contributed by atoms with E-state index in [9.17, 15) is 0 Å². The van der Waals surface area contributed by atoms with E-state index >= 15 is 0 Å². The highest BCUT2D eigenvalue weighted by atomic mass is 15.3. The van der Waals surface area contributed by atoms with Crippen LogP contribution >= 0.6 is 0 Å². The number of nitrogens with zero attached hydrogens (tertiary/aromatic N) is 2. The zero-order chi connectivity index (χ0) is 8.55. The van der Waals surface area contributed by atoms with Crippen LogP contribution in [0, 0.1) is 5.92 Å². The Balaban J connectivity index is 1.90. The molecule has 4 heteroatoms. The van der Waals surface area contributed by atoms with Gasteiger partial charge >= 0.3 is 0 Å². The van der Waals surface area contributed by atoms with Crippen LogP contribution in [0.5, 0.6) is 0 Å². The average Bonchev–Trinajstić information content (AvgIpc) is 2.88. The van der Waals surface area contributed by atoms with E-state index in [-0.39, 0.29) is 0 Å². The summed E-state index contributed by atoms with van der Waals surface area (Å²) in [4.78, 5) is 2.16. The quantitative estimate of drug-likeness (QED) is 0.271. The first-order chi connectivity index (χ1) is 5.81. The molecule has 2 aliphatic carbocycles. The van der Waals surface area contributed by atoms with E-state index in [4.69, 9.17) is 11.6 Å². The predicted molar refractivity (Wildman–Crippen MR) is 48.3 cm³/mol. The van der Waals surface area contributed by atoms with Crippen molar-refractivity contribution in [1.29, 1.82) is 0 Å². The molecule has 0 saturated heterocycles. The molecule has 2 aliphatic rings. The van der Waals surface area contributed by atoms with E-state index in [0.29, 0.717) is 12.0 Å². The molecule has 2 rings (SSSR count). The van der Waals surface area contributed by atoms with Gasteiger partial charge in [-0.05, 0) is 31.6 Å². The molecular weight excluding hydrogens is 152 g/mol. The van der Waals surface area contributed by atoms with Gasteiger partial charge in [-0.2, -0.15) is 0 Å². The Hall–Kier alpha value is -0.930. The summed E-state index contributed by atoms with van der Waals surface area (Å²) in [7, 11) is 0. The maximum atomic E-state index is 5.69. The largest absolute Gasteiger partial charge is 0.368 e. The topological polar surface area (TPSA) is 67.6 Å². The maximum Gasteiger partial charge on any atom is 0.213 e. The molecule has 2 fully saturated rings. The lowest BCUT2D eigenvalue weighted by atomic mass is 10.3. The number of guanidine groups is 1. The van der Waals surface area contributed by atoms with Gasteiger partial charge in [-0.1, -0.05) is 0 Å². The van der Waals surface area contributed by atoms with Crippen molar-refractivity contribution in [2.45, 2.75) is 31.7 Å². The fourth-order valence-electron chi connectivity index (χ4n) is 1.47. The van der Waals surface area contributed by atoms with E-state index in [1.165, 1.54) is 25.7 Å². The van der Waals surface area contributed by atoms with Gasteiger partial charge in [-0.3, -0.25) is 0 Å². The Labute approximate surface area is 72.6 Å². The van der Waals surface area contributed by atoms with Gasteiger partial charge in [-0.25, -0.2) is 0 Å². The summed E-state index contributed by atoms with van der Waals surface area (Å²) >= 11 is 0. The monoisotopic (exact) mass is 168 g/mol. The summed E-state index contributed by atoms with van der Waals surface area (Å²) in [5, 5.41) is 3.55. The summed E-state index contributed by atoms with van der Waals surface area (Å²) in [5.74, 6) is 6.53. The van der Waals surface area contributed by atoms with Crippen molar-refractivity contribution in [3.63, 3.8) is 0 Å². The van der Waals surface area contributed by atoms with Crippen molar-refractivity contribution >= 4 is 5.96 Å². The molecule has 0 radical (unpaired) electrons. The number of rotatable bonds is 3. The highest BCUT2D eigenvalue weighted by Crippen LogP contribution is 2.34. The highest BCUT2D eigenvalue weighted by Gasteiger charge is 2.34. The minimum atomic E-state index is 0.518. The van der Waals surface area contributed by atoms with E-state index in [1.54, 1.807) is 0 Å². The van der Waals surface area contributed by atoms with Crippen LogP contribution < -0.4 is 11.6 Å². The van der Waals surface area contributed by atoms with Gasteiger partial charge in [0.15, 0.2) is 0 Å². The smallest absolute Gasteiger partial charge is 0.213 e. The van der Waals surface area contributed by atoms with Crippen LogP contribution in [0.2, 0.25) is 0 Å². The second-order valence-electron chi connectivity index (χ2n) is 3.81. The zero-order valence-electron chi connectivity index (χ0n) is 7.24. The van der Waals surface area contributed by atoms with Gasteiger partial charge in [0.1, 0.15) is 0 Å². The van der Waals surface area contributed by atoms with Crippen LogP contribution in [-0.2, 0) is 0 Å². The lowest BCUT2D eigenvalue weighted by Gasteiger charge is -2.22. The highest BCUT2D eigenvalue weighted by molar-refractivity contribution is 5.78. The third-order valence-corrected chi connectivity index (χ3v) is 2.57. The molecular formula is C8H16N4. The molecule has 0 aromatic carbocycles. The van der Waals surface area contributed by atoms with Gasteiger partial charge in [0.2, 0.25) is 5.96 Å². The van der Waals surface area contributed by atoms with Crippen LogP contribution in [-0.4, -0.2) is 23.4 Å². The van der Waals surface area contributed by atoms with Gasteiger partial charge in [-0.15, -0.1) is 5.10 Å². The number of nitrogens with two attached hydrogens (primary N) is 2. The molecule has 0 aromatic heterocycles. The van der Waals surface area contributed by atoms with Gasteiger partial charge in [0.25, 0.3) is 0 Å². The Bertz CT molecular complexity index is 193. The molecule has 4 N–H and O–H groups in total. The maximum absolute atomic E-state index is 5.69. The van der Waals surface area contributed by atoms with E-state index in [2.05, 4.69) is 10.0 Å². The van der Waals surface area contributed by atoms with Crippen molar-refractivity contribution in [2.75, 3.05) is 6.54 Å². The molecule has 12 heavy (non-hydrogen) atoms. The van der Waals surface area contributed by atoms with Crippen molar-refractivity contribution in [1.82, 2.24) is 4.90 Å². The molecule has 0 spiro atoms. The molecule has 2 saturated carbocycles.